The number of pyridine rings is 1. The van der Waals surface area contributed by atoms with Gasteiger partial charge in [-0.25, -0.2) is 19.3 Å². The van der Waals surface area contributed by atoms with Crippen molar-refractivity contribution in [3.8, 4) is 0 Å². The van der Waals surface area contributed by atoms with Gasteiger partial charge in [-0.2, -0.15) is 10.1 Å². The average molecular weight is 420 g/mol. The van der Waals surface area contributed by atoms with Crippen LogP contribution < -0.4 is 11.0 Å². The molecule has 0 aromatic carbocycles. The molecule has 160 valence electrons. The van der Waals surface area contributed by atoms with Crippen LogP contribution in [0.15, 0.2) is 29.6 Å². The third kappa shape index (κ3) is 2.64. The molecule has 3 aliphatic carbocycles. The molecule has 2 N–H and O–H groups in total. The van der Waals surface area contributed by atoms with E-state index in [0.29, 0.717) is 17.1 Å². The van der Waals surface area contributed by atoms with E-state index in [4.69, 9.17) is 4.98 Å². The Bertz CT molecular complexity index is 1370. The van der Waals surface area contributed by atoms with Gasteiger partial charge in [-0.1, -0.05) is 0 Å². The van der Waals surface area contributed by atoms with Gasteiger partial charge in [0.25, 0.3) is 0 Å². The van der Waals surface area contributed by atoms with Gasteiger partial charge in [0, 0.05) is 7.05 Å². The fourth-order valence-electron chi connectivity index (χ4n) is 5.29. The van der Waals surface area contributed by atoms with Crippen LogP contribution in [0.3, 0.4) is 0 Å². The van der Waals surface area contributed by atoms with Crippen LogP contribution in [-0.4, -0.2) is 44.4 Å². The molecule has 3 saturated carbocycles. The van der Waals surface area contributed by atoms with Crippen LogP contribution in [0.25, 0.3) is 16.8 Å². The predicted octanol–water partition coefficient (Wildman–Crippen LogP) is 2.02. The Balaban J connectivity index is 1.46. The first-order valence-electron chi connectivity index (χ1n) is 10.6. The zero-order valence-corrected chi connectivity index (χ0v) is 17.5. The second-order valence-corrected chi connectivity index (χ2v) is 9.09. The molecule has 0 radical (unpaired) electrons. The minimum atomic E-state index is -0.560. The van der Waals surface area contributed by atoms with Gasteiger partial charge in [-0.15, -0.1) is 0 Å². The minimum Gasteiger partial charge on any atom is -0.390 e. The Morgan fingerprint density at radius 3 is 2.61 bits per heavy atom. The fourth-order valence-corrected chi connectivity index (χ4v) is 5.29. The average Bonchev–Trinajstić information content (AvgIpc) is 3.31. The highest BCUT2D eigenvalue weighted by Gasteiger charge is 2.50. The van der Waals surface area contributed by atoms with E-state index in [-0.39, 0.29) is 11.2 Å². The van der Waals surface area contributed by atoms with Gasteiger partial charge in [-0.05, 0) is 57.1 Å². The van der Waals surface area contributed by atoms with E-state index in [1.54, 1.807) is 22.3 Å². The molecule has 3 fully saturated rings. The quantitative estimate of drug-likeness (QED) is 0.521. The lowest BCUT2D eigenvalue weighted by molar-refractivity contribution is -0.0856. The van der Waals surface area contributed by atoms with Crippen molar-refractivity contribution in [1.82, 2.24) is 33.7 Å². The molecule has 2 bridgehead atoms. The van der Waals surface area contributed by atoms with Crippen molar-refractivity contribution in [2.24, 2.45) is 7.05 Å². The van der Waals surface area contributed by atoms with Crippen LogP contribution in [0.1, 0.15) is 44.1 Å². The number of nitrogens with zero attached hydrogens (tertiary/aromatic N) is 7. The maximum Gasteiger partial charge on any atom is 0.330 e. The molecular weight excluding hydrogens is 396 g/mol. The summed E-state index contributed by atoms with van der Waals surface area (Å²) < 4.78 is 5.17. The molecule has 10 heteroatoms. The van der Waals surface area contributed by atoms with E-state index in [1.165, 1.54) is 6.33 Å². The number of hydrogen-bond acceptors (Lipinski definition) is 7. The molecule has 0 atom stereocenters. The Kier molecular flexibility index (Phi) is 3.66. The van der Waals surface area contributed by atoms with Gasteiger partial charge in [0.1, 0.15) is 11.8 Å². The van der Waals surface area contributed by atoms with Crippen molar-refractivity contribution in [2.75, 3.05) is 5.32 Å². The van der Waals surface area contributed by atoms with E-state index in [0.717, 1.165) is 55.4 Å². The molecule has 10 nitrogen and oxygen atoms in total. The zero-order valence-electron chi connectivity index (χ0n) is 17.5. The van der Waals surface area contributed by atoms with Gasteiger partial charge < -0.3 is 10.4 Å². The Morgan fingerprint density at radius 2 is 1.87 bits per heavy atom. The van der Waals surface area contributed by atoms with Crippen molar-refractivity contribution in [1.29, 1.82) is 0 Å². The Morgan fingerprint density at radius 1 is 1.13 bits per heavy atom. The first-order valence-corrected chi connectivity index (χ1v) is 10.6. The van der Waals surface area contributed by atoms with Gasteiger partial charge >= 0.3 is 5.69 Å². The van der Waals surface area contributed by atoms with E-state index < -0.39 is 5.60 Å². The molecule has 4 heterocycles. The summed E-state index contributed by atoms with van der Waals surface area (Å²) in [6.45, 7) is 1.98. The second-order valence-electron chi connectivity index (χ2n) is 9.09. The number of anilines is 2. The highest BCUT2D eigenvalue weighted by atomic mass is 16.3. The molecule has 4 aromatic rings. The summed E-state index contributed by atoms with van der Waals surface area (Å²) in [6, 6.07) is 1.94. The summed E-state index contributed by atoms with van der Waals surface area (Å²) in [6.07, 6.45) is 9.61. The number of aromatic nitrogens is 7. The first kappa shape index (κ1) is 18.5. The lowest BCUT2D eigenvalue weighted by Gasteiger charge is -2.51. The number of aliphatic hydroxyl groups is 1. The molecule has 0 saturated heterocycles. The smallest absolute Gasteiger partial charge is 0.330 e. The molecule has 0 amide bonds. The summed E-state index contributed by atoms with van der Waals surface area (Å²) in [5, 5.41) is 18.1. The van der Waals surface area contributed by atoms with Crippen LogP contribution in [0.5, 0.6) is 0 Å². The lowest BCUT2D eigenvalue weighted by Crippen LogP contribution is -2.53. The molecule has 0 spiro atoms. The maximum absolute atomic E-state index is 13.2. The van der Waals surface area contributed by atoms with Crippen LogP contribution in [0, 0.1) is 6.92 Å². The predicted molar refractivity (Wildman–Crippen MR) is 114 cm³/mol. The summed E-state index contributed by atoms with van der Waals surface area (Å²) in [4.78, 5) is 26.7. The van der Waals surface area contributed by atoms with Crippen LogP contribution in [0.2, 0.25) is 0 Å². The lowest BCUT2D eigenvalue weighted by atomic mass is 9.63. The number of nitrogens with one attached hydrogen (secondary N) is 1. The van der Waals surface area contributed by atoms with Gasteiger partial charge in [-0.3, -0.25) is 9.13 Å². The Labute approximate surface area is 177 Å². The van der Waals surface area contributed by atoms with Crippen LogP contribution in [0.4, 0.5) is 11.6 Å². The fraction of sp³-hybridized carbons (Fsp3) is 0.476. The van der Waals surface area contributed by atoms with Gasteiger partial charge in [0.15, 0.2) is 11.3 Å². The van der Waals surface area contributed by atoms with Crippen molar-refractivity contribution in [3.63, 3.8) is 0 Å². The second kappa shape index (κ2) is 6.13. The van der Waals surface area contributed by atoms with Crippen molar-refractivity contribution in [3.05, 3.63) is 40.8 Å². The summed E-state index contributed by atoms with van der Waals surface area (Å²) >= 11 is 0. The third-order valence-electron chi connectivity index (χ3n) is 7.31. The molecule has 7 rings (SSSR count). The summed E-state index contributed by atoms with van der Waals surface area (Å²) in [7, 11) is 1.76. The third-order valence-corrected chi connectivity index (χ3v) is 7.31. The van der Waals surface area contributed by atoms with Crippen molar-refractivity contribution < 1.29 is 5.11 Å². The number of fused-ring (bicyclic) bond motifs is 5. The topological polar surface area (TPSA) is 115 Å². The standard InChI is InChI=1S/C21H24N8O2/c1-13-9-16-23-12-24-28(16)11-14(13)25-18-22-10-15-17(26-18)29(19(30)27(15)2)20-3-6-21(31,7-4-20)8-5-20/h9-12,31H,3-8H2,1-2H3,(H,22,25,26). The largest absolute Gasteiger partial charge is 0.390 e. The molecule has 3 aliphatic rings. The van der Waals surface area contributed by atoms with E-state index in [9.17, 15) is 9.90 Å². The van der Waals surface area contributed by atoms with E-state index >= 15 is 0 Å². The summed E-state index contributed by atoms with van der Waals surface area (Å²) in [5.74, 6) is 0.425. The normalized spacial score (nSPS) is 25.5. The highest BCUT2D eigenvalue weighted by molar-refractivity contribution is 5.73. The highest BCUT2D eigenvalue weighted by Crippen LogP contribution is 2.51. The molecule has 0 unspecified atom stereocenters. The molecule has 4 aromatic heterocycles. The molecule has 31 heavy (non-hydrogen) atoms. The van der Waals surface area contributed by atoms with E-state index in [1.807, 2.05) is 23.8 Å². The Hall–Kier alpha value is -3.27. The first-order chi connectivity index (χ1) is 14.9. The maximum atomic E-state index is 13.2. The number of rotatable bonds is 3. The SMILES string of the molecule is Cc1cc2ncnn2cc1Nc1ncc2c(n1)n(C13CCC(O)(CC1)CC3)c(=O)n2C. The monoisotopic (exact) mass is 420 g/mol. The van der Waals surface area contributed by atoms with Crippen LogP contribution >= 0.6 is 0 Å². The minimum absolute atomic E-state index is 0.0750. The van der Waals surface area contributed by atoms with Gasteiger partial charge in [0.05, 0.1) is 29.2 Å². The van der Waals surface area contributed by atoms with Crippen LogP contribution in [-0.2, 0) is 12.6 Å². The van der Waals surface area contributed by atoms with Crippen molar-refractivity contribution in [2.45, 2.75) is 56.6 Å². The van der Waals surface area contributed by atoms with E-state index in [2.05, 4.69) is 20.4 Å². The number of hydrogen-bond donors (Lipinski definition) is 2. The van der Waals surface area contributed by atoms with Gasteiger partial charge in [0.2, 0.25) is 5.95 Å². The number of imidazole rings is 1. The molecule has 0 aliphatic heterocycles. The van der Waals surface area contributed by atoms with Crippen molar-refractivity contribution >= 4 is 28.4 Å². The zero-order chi connectivity index (χ0) is 21.4. The summed E-state index contributed by atoms with van der Waals surface area (Å²) in [5.41, 5.74) is 3.00. The molecular formula is C21H24N8O2. The number of aryl methyl sites for hydroxylation is 2.